The zero-order valence-corrected chi connectivity index (χ0v) is 14.8. The normalized spacial score (nSPS) is 12.5. The molecule has 1 heterocycles. The lowest BCUT2D eigenvalue weighted by atomic mass is 10.1. The SMILES string of the molecule is CC(Cc1cccs1)N(CCCC(=O)O)Cc1ccc(Cl)cc1. The van der Waals surface area contributed by atoms with Crippen LogP contribution in [0.15, 0.2) is 41.8 Å². The molecule has 5 heteroatoms. The highest BCUT2D eigenvalue weighted by Crippen LogP contribution is 2.18. The number of halogens is 1. The van der Waals surface area contributed by atoms with Crippen molar-refractivity contribution in [2.45, 2.75) is 38.8 Å². The Morgan fingerprint density at radius 2 is 2.04 bits per heavy atom. The molecule has 0 saturated carbocycles. The van der Waals surface area contributed by atoms with Crippen molar-refractivity contribution in [3.8, 4) is 0 Å². The van der Waals surface area contributed by atoms with Gasteiger partial charge in [0.15, 0.2) is 0 Å². The average Bonchev–Trinajstić information content (AvgIpc) is 3.01. The van der Waals surface area contributed by atoms with E-state index in [4.69, 9.17) is 16.7 Å². The van der Waals surface area contributed by atoms with Gasteiger partial charge >= 0.3 is 5.97 Å². The first-order chi connectivity index (χ1) is 11.0. The van der Waals surface area contributed by atoms with Crippen LogP contribution in [-0.2, 0) is 17.8 Å². The topological polar surface area (TPSA) is 40.5 Å². The van der Waals surface area contributed by atoms with Crippen molar-refractivity contribution in [2.75, 3.05) is 6.54 Å². The predicted octanol–water partition coefficient (Wildman–Crippen LogP) is 4.70. The van der Waals surface area contributed by atoms with Crippen LogP contribution in [0.25, 0.3) is 0 Å². The molecule has 0 aliphatic rings. The summed E-state index contributed by atoms with van der Waals surface area (Å²) in [6.07, 6.45) is 1.86. The molecule has 0 radical (unpaired) electrons. The Morgan fingerprint density at radius 1 is 1.30 bits per heavy atom. The second kappa shape index (κ2) is 9.06. The summed E-state index contributed by atoms with van der Waals surface area (Å²) in [5, 5.41) is 11.7. The molecule has 124 valence electrons. The Kier molecular flexibility index (Phi) is 7.09. The second-order valence-corrected chi connectivity index (χ2v) is 7.20. The summed E-state index contributed by atoms with van der Waals surface area (Å²) in [6, 6.07) is 12.4. The Hall–Kier alpha value is -1.36. The van der Waals surface area contributed by atoms with E-state index in [1.165, 1.54) is 10.4 Å². The first-order valence-corrected chi connectivity index (χ1v) is 9.03. The number of thiophene rings is 1. The quantitative estimate of drug-likeness (QED) is 0.711. The van der Waals surface area contributed by atoms with Crippen LogP contribution >= 0.6 is 22.9 Å². The van der Waals surface area contributed by atoms with E-state index < -0.39 is 5.97 Å². The summed E-state index contributed by atoms with van der Waals surface area (Å²) in [6.45, 7) is 3.79. The Balaban J connectivity index is 2.00. The highest BCUT2D eigenvalue weighted by Gasteiger charge is 2.16. The summed E-state index contributed by atoms with van der Waals surface area (Å²) in [4.78, 5) is 14.5. The average molecular weight is 352 g/mol. The number of nitrogens with zero attached hydrogens (tertiary/aromatic N) is 1. The van der Waals surface area contributed by atoms with Crippen LogP contribution in [0.3, 0.4) is 0 Å². The van der Waals surface area contributed by atoms with E-state index >= 15 is 0 Å². The van der Waals surface area contributed by atoms with Crippen LogP contribution in [0.5, 0.6) is 0 Å². The lowest BCUT2D eigenvalue weighted by Crippen LogP contribution is -2.35. The van der Waals surface area contributed by atoms with Crippen molar-refractivity contribution < 1.29 is 9.90 Å². The number of rotatable bonds is 9. The number of carbonyl (C=O) groups is 1. The fourth-order valence-electron chi connectivity index (χ4n) is 2.56. The Labute approximate surface area is 146 Å². The molecule has 0 spiro atoms. The van der Waals surface area contributed by atoms with Gasteiger partial charge in [0.2, 0.25) is 0 Å². The monoisotopic (exact) mass is 351 g/mol. The smallest absolute Gasteiger partial charge is 0.303 e. The molecule has 0 amide bonds. The van der Waals surface area contributed by atoms with Crippen LogP contribution in [0.1, 0.15) is 30.2 Å². The summed E-state index contributed by atoms with van der Waals surface area (Å²) >= 11 is 7.71. The van der Waals surface area contributed by atoms with E-state index in [9.17, 15) is 4.79 Å². The van der Waals surface area contributed by atoms with Crippen LogP contribution in [-0.4, -0.2) is 28.6 Å². The molecule has 23 heavy (non-hydrogen) atoms. The third kappa shape index (κ3) is 6.34. The van der Waals surface area contributed by atoms with Crippen molar-refractivity contribution >= 4 is 28.9 Å². The molecule has 1 N–H and O–H groups in total. The van der Waals surface area contributed by atoms with Gasteiger partial charge in [0.25, 0.3) is 0 Å². The van der Waals surface area contributed by atoms with Crippen LogP contribution in [0, 0.1) is 0 Å². The van der Waals surface area contributed by atoms with E-state index in [1.54, 1.807) is 11.3 Å². The van der Waals surface area contributed by atoms with E-state index in [0.29, 0.717) is 12.5 Å². The second-order valence-electron chi connectivity index (χ2n) is 5.73. The highest BCUT2D eigenvalue weighted by molar-refractivity contribution is 7.09. The van der Waals surface area contributed by atoms with Crippen molar-refractivity contribution in [1.82, 2.24) is 4.90 Å². The zero-order chi connectivity index (χ0) is 16.7. The van der Waals surface area contributed by atoms with Gasteiger partial charge < -0.3 is 5.11 Å². The van der Waals surface area contributed by atoms with Crippen LogP contribution in [0.2, 0.25) is 5.02 Å². The minimum Gasteiger partial charge on any atom is -0.481 e. The minimum atomic E-state index is -0.734. The maximum atomic E-state index is 10.8. The molecular formula is C18H22ClNO2S. The minimum absolute atomic E-state index is 0.211. The third-order valence-corrected chi connectivity index (χ3v) is 4.99. The van der Waals surface area contributed by atoms with Gasteiger partial charge in [0.05, 0.1) is 0 Å². The molecule has 0 bridgehead atoms. The molecule has 0 saturated heterocycles. The van der Waals surface area contributed by atoms with Crippen molar-refractivity contribution in [3.63, 3.8) is 0 Å². The Morgan fingerprint density at radius 3 is 2.65 bits per heavy atom. The predicted molar refractivity (Wildman–Crippen MR) is 96.2 cm³/mol. The van der Waals surface area contributed by atoms with E-state index in [0.717, 1.165) is 24.5 Å². The van der Waals surface area contributed by atoms with Gasteiger partial charge in [0.1, 0.15) is 0 Å². The molecule has 0 fully saturated rings. The summed E-state index contributed by atoms with van der Waals surface area (Å²) < 4.78 is 0. The zero-order valence-electron chi connectivity index (χ0n) is 13.2. The molecule has 0 aliphatic carbocycles. The Bertz CT molecular complexity index is 598. The highest BCUT2D eigenvalue weighted by atomic mass is 35.5. The van der Waals surface area contributed by atoms with Gasteiger partial charge in [-0.1, -0.05) is 29.8 Å². The van der Waals surface area contributed by atoms with Gasteiger partial charge in [-0.15, -0.1) is 11.3 Å². The number of hydrogen-bond acceptors (Lipinski definition) is 3. The number of carboxylic acid groups (broad SMARTS) is 1. The largest absolute Gasteiger partial charge is 0.481 e. The molecule has 1 aromatic heterocycles. The van der Waals surface area contributed by atoms with Crippen LogP contribution in [0.4, 0.5) is 0 Å². The fourth-order valence-corrected chi connectivity index (χ4v) is 3.51. The van der Waals surface area contributed by atoms with Crippen molar-refractivity contribution in [1.29, 1.82) is 0 Å². The molecule has 2 aromatic rings. The number of benzene rings is 1. The summed E-state index contributed by atoms with van der Waals surface area (Å²) in [5.41, 5.74) is 1.20. The van der Waals surface area contributed by atoms with E-state index in [-0.39, 0.29) is 6.42 Å². The van der Waals surface area contributed by atoms with Gasteiger partial charge in [-0.2, -0.15) is 0 Å². The maximum Gasteiger partial charge on any atom is 0.303 e. The van der Waals surface area contributed by atoms with Crippen LogP contribution < -0.4 is 0 Å². The van der Waals surface area contributed by atoms with E-state index in [1.807, 2.05) is 24.3 Å². The van der Waals surface area contributed by atoms with Crippen molar-refractivity contribution in [2.24, 2.45) is 0 Å². The number of hydrogen-bond donors (Lipinski definition) is 1. The number of carboxylic acids is 1. The molecule has 2 rings (SSSR count). The number of aliphatic carboxylic acids is 1. The van der Waals surface area contributed by atoms with Gasteiger partial charge in [0, 0.05) is 28.9 Å². The first-order valence-electron chi connectivity index (χ1n) is 7.77. The van der Waals surface area contributed by atoms with Gasteiger partial charge in [-0.3, -0.25) is 9.69 Å². The molecule has 1 atom stereocenters. The molecule has 0 aliphatic heterocycles. The lowest BCUT2D eigenvalue weighted by Gasteiger charge is -2.29. The standard InChI is InChI=1S/C18H22ClNO2S/c1-14(12-17-4-3-11-23-17)20(10-2-5-18(21)22)13-15-6-8-16(19)9-7-15/h3-4,6-9,11,14H,2,5,10,12-13H2,1H3,(H,21,22). The van der Waals surface area contributed by atoms with E-state index in [2.05, 4.69) is 29.3 Å². The van der Waals surface area contributed by atoms with Crippen molar-refractivity contribution in [3.05, 3.63) is 57.2 Å². The third-order valence-electron chi connectivity index (χ3n) is 3.83. The first kappa shape index (κ1) is 18.0. The summed E-state index contributed by atoms with van der Waals surface area (Å²) in [7, 11) is 0. The van der Waals surface area contributed by atoms with Gasteiger partial charge in [-0.25, -0.2) is 0 Å². The lowest BCUT2D eigenvalue weighted by molar-refractivity contribution is -0.137. The summed E-state index contributed by atoms with van der Waals surface area (Å²) in [5.74, 6) is -0.734. The molecule has 3 nitrogen and oxygen atoms in total. The molecule has 1 unspecified atom stereocenters. The van der Waals surface area contributed by atoms with Gasteiger partial charge in [-0.05, 0) is 55.5 Å². The fraction of sp³-hybridized carbons (Fsp3) is 0.389. The molecule has 1 aromatic carbocycles. The molecular weight excluding hydrogens is 330 g/mol. The maximum absolute atomic E-state index is 10.8.